The lowest BCUT2D eigenvalue weighted by Crippen LogP contribution is -2.26. The van der Waals surface area contributed by atoms with Gasteiger partial charge >= 0.3 is 0 Å². The highest BCUT2D eigenvalue weighted by Crippen LogP contribution is 2.27. The highest BCUT2D eigenvalue weighted by atomic mass is 32.1. The Morgan fingerprint density at radius 1 is 1.30 bits per heavy atom. The molecule has 2 aromatic heterocycles. The Morgan fingerprint density at radius 2 is 2.00 bits per heavy atom. The molecule has 6 nitrogen and oxygen atoms in total. The van der Waals surface area contributed by atoms with Crippen molar-refractivity contribution in [1.29, 1.82) is 0 Å². The minimum Gasteiger partial charge on any atom is -0.382 e. The van der Waals surface area contributed by atoms with Gasteiger partial charge in [-0.15, -0.1) is 11.3 Å². The summed E-state index contributed by atoms with van der Waals surface area (Å²) < 4.78 is 0. The number of anilines is 2. The highest BCUT2D eigenvalue weighted by Gasteiger charge is 2.20. The predicted molar refractivity (Wildman–Crippen MR) is 83.5 cm³/mol. The Labute approximate surface area is 125 Å². The number of carbonyl (C=O) groups is 1. The zero-order chi connectivity index (χ0) is 14.9. The summed E-state index contributed by atoms with van der Waals surface area (Å²) in [6.07, 6.45) is 0. The van der Waals surface area contributed by atoms with E-state index in [2.05, 4.69) is 20.6 Å². The number of nitrogens with one attached hydrogen (secondary N) is 2. The second-order valence-corrected chi connectivity index (χ2v) is 6.59. The summed E-state index contributed by atoms with van der Waals surface area (Å²) in [5.41, 5.74) is 6.71. The van der Waals surface area contributed by atoms with Gasteiger partial charge in [-0.2, -0.15) is 0 Å². The third kappa shape index (κ3) is 2.91. The Balaban J connectivity index is 2.14. The minimum atomic E-state index is -0.209. The number of nitrogen functional groups attached to an aromatic ring is 1. The van der Waals surface area contributed by atoms with Gasteiger partial charge in [0.1, 0.15) is 10.7 Å². The van der Waals surface area contributed by atoms with Crippen LogP contribution < -0.4 is 16.4 Å². The summed E-state index contributed by atoms with van der Waals surface area (Å²) in [5, 5.41) is 7.44. The summed E-state index contributed by atoms with van der Waals surface area (Å²) in [7, 11) is 1.74. The molecule has 1 atom stereocenters. The van der Waals surface area contributed by atoms with Crippen LogP contribution in [0.5, 0.6) is 0 Å². The van der Waals surface area contributed by atoms with Crippen molar-refractivity contribution in [3.63, 3.8) is 0 Å². The number of hydrogen-bond acceptors (Lipinski definition) is 7. The molecule has 2 heterocycles. The lowest BCUT2D eigenvalue weighted by molar-refractivity contribution is 0.0945. The lowest BCUT2D eigenvalue weighted by atomic mass is 10.2. The molecule has 0 aliphatic rings. The molecule has 0 aliphatic carbocycles. The quantitative estimate of drug-likeness (QED) is 0.806. The number of rotatable bonds is 4. The number of amides is 1. The molecule has 2 rings (SSSR count). The van der Waals surface area contributed by atoms with E-state index >= 15 is 0 Å². The van der Waals surface area contributed by atoms with Crippen molar-refractivity contribution in [3.8, 4) is 0 Å². The molecule has 108 valence electrons. The molecular weight excluding hydrogens is 294 g/mol. The maximum atomic E-state index is 12.2. The number of nitrogens with zero attached hydrogens (tertiary/aromatic N) is 2. The van der Waals surface area contributed by atoms with E-state index in [9.17, 15) is 4.79 Å². The van der Waals surface area contributed by atoms with E-state index in [0.717, 1.165) is 15.6 Å². The predicted octanol–water partition coefficient (Wildman–Crippen LogP) is 2.33. The van der Waals surface area contributed by atoms with Gasteiger partial charge in [-0.25, -0.2) is 9.97 Å². The number of hydrogen-bond donors (Lipinski definition) is 3. The standard InChI is InChI=1S/C12H17N5OS2/c1-5-8(19-7(3)15-5)6(2)16-11(18)9-10(13)17-12(14-4)20-9/h6H,13H2,1-4H3,(H,14,17)(H,16,18). The van der Waals surface area contributed by atoms with Gasteiger partial charge in [-0.1, -0.05) is 11.3 Å². The average Bonchev–Trinajstić information content (AvgIpc) is 2.91. The van der Waals surface area contributed by atoms with Gasteiger partial charge in [-0.3, -0.25) is 4.79 Å². The molecule has 0 saturated heterocycles. The van der Waals surface area contributed by atoms with Crippen LogP contribution in [-0.2, 0) is 0 Å². The first-order valence-corrected chi connectivity index (χ1v) is 7.74. The number of aryl methyl sites for hydroxylation is 2. The largest absolute Gasteiger partial charge is 0.382 e. The SMILES string of the molecule is CNc1nc(N)c(C(=O)NC(C)c2sc(C)nc2C)s1. The molecule has 1 unspecified atom stereocenters. The lowest BCUT2D eigenvalue weighted by Gasteiger charge is -2.12. The van der Waals surface area contributed by atoms with Crippen molar-refractivity contribution >= 4 is 39.5 Å². The summed E-state index contributed by atoms with van der Waals surface area (Å²) in [6, 6.07) is -0.103. The maximum Gasteiger partial charge on any atom is 0.265 e. The van der Waals surface area contributed by atoms with Crippen LogP contribution in [0.1, 0.15) is 38.2 Å². The van der Waals surface area contributed by atoms with Crippen molar-refractivity contribution < 1.29 is 4.79 Å². The zero-order valence-corrected chi connectivity index (χ0v) is 13.4. The van der Waals surface area contributed by atoms with E-state index in [0.29, 0.717) is 10.0 Å². The van der Waals surface area contributed by atoms with Gasteiger partial charge in [0.2, 0.25) is 0 Å². The first kappa shape index (κ1) is 14.7. The fourth-order valence-electron chi connectivity index (χ4n) is 1.88. The molecular formula is C12H17N5OS2. The number of thiazole rings is 2. The first-order valence-electron chi connectivity index (χ1n) is 6.11. The summed E-state index contributed by atoms with van der Waals surface area (Å²) in [6.45, 7) is 5.84. The molecule has 2 aromatic rings. The Morgan fingerprint density at radius 3 is 2.50 bits per heavy atom. The van der Waals surface area contributed by atoms with Crippen molar-refractivity contribution in [2.45, 2.75) is 26.8 Å². The van der Waals surface area contributed by atoms with E-state index < -0.39 is 0 Å². The van der Waals surface area contributed by atoms with Crippen molar-refractivity contribution in [2.24, 2.45) is 0 Å². The van der Waals surface area contributed by atoms with E-state index in [-0.39, 0.29) is 17.8 Å². The Bertz CT molecular complexity index is 634. The smallest absolute Gasteiger partial charge is 0.265 e. The summed E-state index contributed by atoms with van der Waals surface area (Å²) in [5.74, 6) is 0.0423. The maximum absolute atomic E-state index is 12.2. The highest BCUT2D eigenvalue weighted by molar-refractivity contribution is 7.18. The van der Waals surface area contributed by atoms with Crippen LogP contribution in [0.4, 0.5) is 10.9 Å². The third-order valence-corrected chi connectivity index (χ3v) is 5.10. The molecule has 0 saturated carbocycles. The summed E-state index contributed by atoms with van der Waals surface area (Å²) >= 11 is 2.83. The molecule has 1 amide bonds. The Hall–Kier alpha value is -1.67. The van der Waals surface area contributed by atoms with Gasteiger partial charge < -0.3 is 16.4 Å². The molecule has 4 N–H and O–H groups in total. The Kier molecular flexibility index (Phi) is 4.24. The van der Waals surface area contributed by atoms with Crippen molar-refractivity contribution in [2.75, 3.05) is 18.1 Å². The van der Waals surface area contributed by atoms with E-state index in [4.69, 9.17) is 5.73 Å². The van der Waals surface area contributed by atoms with Crippen molar-refractivity contribution in [3.05, 3.63) is 20.5 Å². The monoisotopic (exact) mass is 311 g/mol. The van der Waals surface area contributed by atoms with Crippen LogP contribution in [0.3, 0.4) is 0 Å². The fraction of sp³-hybridized carbons (Fsp3) is 0.417. The van der Waals surface area contributed by atoms with Gasteiger partial charge in [0.05, 0.1) is 16.7 Å². The van der Waals surface area contributed by atoms with E-state index in [1.165, 1.54) is 11.3 Å². The van der Waals surface area contributed by atoms with Crippen molar-refractivity contribution in [1.82, 2.24) is 15.3 Å². The topological polar surface area (TPSA) is 92.9 Å². The number of nitrogens with two attached hydrogens (primary N) is 1. The first-order chi connectivity index (χ1) is 9.42. The second kappa shape index (κ2) is 5.76. The zero-order valence-electron chi connectivity index (χ0n) is 11.8. The molecule has 0 fully saturated rings. The third-order valence-electron chi connectivity index (χ3n) is 2.75. The van der Waals surface area contributed by atoms with E-state index in [1.54, 1.807) is 18.4 Å². The van der Waals surface area contributed by atoms with Gasteiger partial charge in [-0.05, 0) is 20.8 Å². The number of carbonyl (C=O) groups excluding carboxylic acids is 1. The molecule has 0 radical (unpaired) electrons. The van der Waals surface area contributed by atoms with Gasteiger partial charge in [0.15, 0.2) is 5.13 Å². The van der Waals surface area contributed by atoms with Crippen LogP contribution in [0.15, 0.2) is 0 Å². The van der Waals surface area contributed by atoms with Gasteiger partial charge in [0.25, 0.3) is 5.91 Å². The second-order valence-electron chi connectivity index (χ2n) is 4.36. The summed E-state index contributed by atoms with van der Waals surface area (Å²) in [4.78, 5) is 22.2. The van der Waals surface area contributed by atoms with E-state index in [1.807, 2.05) is 20.8 Å². The number of aromatic nitrogens is 2. The molecule has 0 aromatic carbocycles. The fourth-order valence-corrected chi connectivity index (χ4v) is 3.55. The van der Waals surface area contributed by atoms with Gasteiger partial charge in [0, 0.05) is 11.9 Å². The molecule has 0 bridgehead atoms. The van der Waals surface area contributed by atoms with Crippen LogP contribution in [0, 0.1) is 13.8 Å². The minimum absolute atomic E-state index is 0.103. The van der Waals surface area contributed by atoms with Crippen LogP contribution in [-0.4, -0.2) is 22.9 Å². The van der Waals surface area contributed by atoms with Crippen LogP contribution in [0.25, 0.3) is 0 Å². The molecule has 8 heteroatoms. The van der Waals surface area contributed by atoms with Crippen LogP contribution >= 0.6 is 22.7 Å². The molecule has 20 heavy (non-hydrogen) atoms. The molecule has 0 aliphatic heterocycles. The average molecular weight is 311 g/mol. The van der Waals surface area contributed by atoms with Crippen LogP contribution in [0.2, 0.25) is 0 Å². The molecule has 0 spiro atoms. The normalized spacial score (nSPS) is 12.2.